The van der Waals surface area contributed by atoms with Crippen molar-refractivity contribution in [3.8, 4) is 0 Å². The van der Waals surface area contributed by atoms with Gasteiger partial charge in [-0.1, -0.05) is 6.07 Å². The van der Waals surface area contributed by atoms with Gasteiger partial charge in [-0.3, -0.25) is 30.1 Å². The number of carbonyl (C=O) groups is 3. The fraction of sp³-hybridized carbons (Fsp3) is 0.462. The van der Waals surface area contributed by atoms with Crippen LogP contribution in [0.15, 0.2) is 17.5 Å². The molecule has 1 aromatic heterocycles. The molecule has 7 nitrogen and oxygen atoms in total. The number of ether oxygens (including phenoxy) is 1. The summed E-state index contributed by atoms with van der Waals surface area (Å²) in [6.07, 6.45) is 0.221. The quantitative estimate of drug-likeness (QED) is 0.562. The Kier molecular flexibility index (Phi) is 7.41. The van der Waals surface area contributed by atoms with Crippen LogP contribution in [0.4, 0.5) is 0 Å². The molecule has 0 spiro atoms. The topological polar surface area (TPSA) is 87.7 Å². The summed E-state index contributed by atoms with van der Waals surface area (Å²) in [6, 6.07) is 3.42. The number of hydrogen-bond donors (Lipinski definition) is 2. The number of nitrogens with one attached hydrogen (secondary N) is 2. The van der Waals surface area contributed by atoms with Gasteiger partial charge in [0.1, 0.15) is 0 Å². The van der Waals surface area contributed by atoms with Crippen LogP contribution in [0.1, 0.15) is 23.0 Å². The van der Waals surface area contributed by atoms with Crippen LogP contribution in [0.25, 0.3) is 0 Å². The molecule has 0 aromatic carbocycles. The van der Waals surface area contributed by atoms with Crippen molar-refractivity contribution in [1.29, 1.82) is 0 Å². The van der Waals surface area contributed by atoms with E-state index in [1.807, 2.05) is 0 Å². The molecule has 0 radical (unpaired) electrons. The molecule has 0 aliphatic rings. The Morgan fingerprint density at radius 3 is 2.71 bits per heavy atom. The van der Waals surface area contributed by atoms with Crippen molar-refractivity contribution in [3.63, 3.8) is 0 Å². The van der Waals surface area contributed by atoms with Crippen LogP contribution < -0.4 is 10.9 Å². The van der Waals surface area contributed by atoms with Gasteiger partial charge >= 0.3 is 5.97 Å². The molecule has 0 bridgehead atoms. The number of carbonyl (C=O) groups excluding carboxylic acids is 3. The van der Waals surface area contributed by atoms with Gasteiger partial charge in [-0.2, -0.15) is 0 Å². The molecule has 116 valence electrons. The van der Waals surface area contributed by atoms with Gasteiger partial charge in [0.25, 0.3) is 11.8 Å². The second kappa shape index (κ2) is 9.09. The number of hydrazine groups is 1. The van der Waals surface area contributed by atoms with Crippen molar-refractivity contribution < 1.29 is 19.1 Å². The first-order valence-electron chi connectivity index (χ1n) is 6.49. The number of rotatable bonds is 7. The van der Waals surface area contributed by atoms with Crippen molar-refractivity contribution in [1.82, 2.24) is 15.8 Å². The predicted octanol–water partition coefficient (Wildman–Crippen LogP) is 0.394. The van der Waals surface area contributed by atoms with E-state index in [1.54, 1.807) is 36.4 Å². The molecule has 0 unspecified atom stereocenters. The van der Waals surface area contributed by atoms with E-state index < -0.39 is 0 Å². The van der Waals surface area contributed by atoms with E-state index in [9.17, 15) is 14.4 Å². The average Bonchev–Trinajstić information content (AvgIpc) is 2.97. The number of amides is 2. The maximum absolute atomic E-state index is 11.6. The van der Waals surface area contributed by atoms with Crippen LogP contribution in [0.3, 0.4) is 0 Å². The van der Waals surface area contributed by atoms with E-state index in [4.69, 9.17) is 4.74 Å². The van der Waals surface area contributed by atoms with Crippen molar-refractivity contribution in [2.75, 3.05) is 26.7 Å². The van der Waals surface area contributed by atoms with E-state index in [0.29, 0.717) is 18.0 Å². The molecule has 0 saturated carbocycles. The summed E-state index contributed by atoms with van der Waals surface area (Å²) in [6.45, 7) is 2.57. The fourth-order valence-corrected chi connectivity index (χ4v) is 2.09. The molecule has 0 aliphatic heterocycles. The summed E-state index contributed by atoms with van der Waals surface area (Å²) in [5.74, 6) is -1.01. The summed E-state index contributed by atoms with van der Waals surface area (Å²) in [5, 5.41) is 1.78. The van der Waals surface area contributed by atoms with Crippen LogP contribution >= 0.6 is 11.3 Å². The lowest BCUT2D eigenvalue weighted by Gasteiger charge is -2.15. The Morgan fingerprint density at radius 2 is 2.10 bits per heavy atom. The molecule has 0 saturated heterocycles. The van der Waals surface area contributed by atoms with Gasteiger partial charge in [-0.15, -0.1) is 11.3 Å². The maximum Gasteiger partial charge on any atom is 0.307 e. The molecule has 1 heterocycles. The smallest absolute Gasteiger partial charge is 0.307 e. The number of hydrogen-bond acceptors (Lipinski definition) is 6. The molecule has 0 fully saturated rings. The van der Waals surface area contributed by atoms with Crippen molar-refractivity contribution in [3.05, 3.63) is 22.4 Å². The van der Waals surface area contributed by atoms with Crippen LogP contribution in [0.2, 0.25) is 0 Å². The summed E-state index contributed by atoms with van der Waals surface area (Å²) < 4.78 is 4.80. The highest BCUT2D eigenvalue weighted by Gasteiger charge is 2.11. The molecule has 8 heteroatoms. The van der Waals surface area contributed by atoms with Gasteiger partial charge in [-0.25, -0.2) is 0 Å². The van der Waals surface area contributed by atoms with Gasteiger partial charge in [0.05, 0.1) is 24.4 Å². The molecule has 1 aromatic rings. The Hall–Kier alpha value is -1.93. The van der Waals surface area contributed by atoms with Crippen LogP contribution in [0.5, 0.6) is 0 Å². The zero-order valence-corrected chi connectivity index (χ0v) is 12.9. The fourth-order valence-electron chi connectivity index (χ4n) is 1.47. The Morgan fingerprint density at radius 1 is 1.33 bits per heavy atom. The third-order valence-electron chi connectivity index (χ3n) is 2.48. The third-order valence-corrected chi connectivity index (χ3v) is 3.35. The third kappa shape index (κ3) is 6.87. The number of nitrogens with zero attached hydrogens (tertiary/aromatic N) is 1. The highest BCUT2D eigenvalue weighted by molar-refractivity contribution is 7.12. The zero-order chi connectivity index (χ0) is 15.7. The van der Waals surface area contributed by atoms with Gasteiger partial charge in [0.2, 0.25) is 0 Å². The Labute approximate surface area is 127 Å². The maximum atomic E-state index is 11.6. The summed E-state index contributed by atoms with van der Waals surface area (Å²) >= 11 is 1.29. The molecule has 1 rings (SSSR count). The SMILES string of the molecule is CCOC(=O)CCN(C)CC(=O)NNC(=O)c1cccs1. The summed E-state index contributed by atoms with van der Waals surface area (Å²) in [5.41, 5.74) is 4.65. The predicted molar refractivity (Wildman–Crippen MR) is 78.7 cm³/mol. The van der Waals surface area contributed by atoms with Gasteiger partial charge < -0.3 is 4.74 Å². The molecular formula is C13H19N3O4S. The second-order valence-electron chi connectivity index (χ2n) is 4.27. The molecule has 21 heavy (non-hydrogen) atoms. The Bertz CT molecular complexity index is 476. The lowest BCUT2D eigenvalue weighted by molar-refractivity contribution is -0.143. The minimum absolute atomic E-state index is 0.0735. The molecular weight excluding hydrogens is 294 g/mol. The van der Waals surface area contributed by atoms with E-state index in [1.165, 1.54) is 11.3 Å². The first-order chi connectivity index (χ1) is 10.0. The first kappa shape index (κ1) is 17.1. The summed E-state index contributed by atoms with van der Waals surface area (Å²) in [7, 11) is 1.71. The molecule has 2 N–H and O–H groups in total. The largest absolute Gasteiger partial charge is 0.466 e. The van der Waals surface area contributed by atoms with Crippen molar-refractivity contribution in [2.45, 2.75) is 13.3 Å². The monoisotopic (exact) mass is 313 g/mol. The average molecular weight is 313 g/mol. The van der Waals surface area contributed by atoms with Gasteiger partial charge in [0.15, 0.2) is 0 Å². The Balaban J connectivity index is 2.21. The lowest BCUT2D eigenvalue weighted by atomic mass is 10.4. The standard InChI is InChI=1S/C13H19N3O4S/c1-3-20-12(18)6-7-16(2)9-11(17)14-15-13(19)10-5-4-8-21-10/h4-5,8H,3,6-7,9H2,1-2H3,(H,14,17)(H,15,19). The molecule has 0 aliphatic carbocycles. The van der Waals surface area contributed by atoms with Crippen molar-refractivity contribution >= 4 is 29.1 Å². The first-order valence-corrected chi connectivity index (χ1v) is 7.37. The van der Waals surface area contributed by atoms with Crippen LogP contribution in [-0.4, -0.2) is 49.4 Å². The zero-order valence-electron chi connectivity index (χ0n) is 12.0. The van der Waals surface area contributed by atoms with Gasteiger partial charge in [0, 0.05) is 6.54 Å². The van der Waals surface area contributed by atoms with E-state index >= 15 is 0 Å². The van der Waals surface area contributed by atoms with E-state index in [-0.39, 0.29) is 30.7 Å². The number of thiophene rings is 1. The van der Waals surface area contributed by atoms with Crippen molar-refractivity contribution in [2.24, 2.45) is 0 Å². The minimum atomic E-state index is -0.355. The molecule has 2 amide bonds. The van der Waals surface area contributed by atoms with E-state index in [2.05, 4.69) is 10.9 Å². The van der Waals surface area contributed by atoms with Gasteiger partial charge in [-0.05, 0) is 25.4 Å². The van der Waals surface area contributed by atoms with Crippen LogP contribution in [-0.2, 0) is 14.3 Å². The van der Waals surface area contributed by atoms with Crippen LogP contribution in [0, 0.1) is 0 Å². The summed E-state index contributed by atoms with van der Waals surface area (Å²) in [4.78, 5) is 36.6. The minimum Gasteiger partial charge on any atom is -0.466 e. The highest BCUT2D eigenvalue weighted by Crippen LogP contribution is 2.06. The highest BCUT2D eigenvalue weighted by atomic mass is 32.1. The van der Waals surface area contributed by atoms with E-state index in [0.717, 1.165) is 0 Å². The molecule has 0 atom stereocenters. The second-order valence-corrected chi connectivity index (χ2v) is 5.22. The normalized spacial score (nSPS) is 10.2. The number of likely N-dealkylation sites (N-methyl/N-ethyl adjacent to an activating group) is 1. The lowest BCUT2D eigenvalue weighted by Crippen LogP contribution is -2.45. The number of esters is 1.